The fraction of sp³-hybridized carbons (Fsp3) is 0.545. The van der Waals surface area contributed by atoms with E-state index in [2.05, 4.69) is 19.9 Å². The number of hydrogen-bond acceptors (Lipinski definition) is 1. The summed E-state index contributed by atoms with van der Waals surface area (Å²) in [6.07, 6.45) is 6.10. The van der Waals surface area contributed by atoms with Gasteiger partial charge in [-0.05, 0) is 31.3 Å². The van der Waals surface area contributed by atoms with Gasteiger partial charge in [0.05, 0.1) is 0 Å². The van der Waals surface area contributed by atoms with Gasteiger partial charge in [-0.1, -0.05) is 31.6 Å². The molecule has 0 amide bonds. The van der Waals surface area contributed by atoms with Crippen molar-refractivity contribution in [2.45, 2.75) is 33.6 Å². The van der Waals surface area contributed by atoms with Crippen molar-refractivity contribution in [3.05, 3.63) is 23.3 Å². The summed E-state index contributed by atoms with van der Waals surface area (Å²) in [6, 6.07) is 0. The number of carbonyl (C=O) groups excluding carboxylic acids is 1. The number of allylic oxidation sites excluding steroid dienone is 4. The minimum absolute atomic E-state index is 0.216. The predicted molar refractivity (Wildman–Crippen MR) is 50.9 cm³/mol. The number of rotatable bonds is 2. The maximum absolute atomic E-state index is 11.0. The molecule has 1 aliphatic rings. The predicted octanol–water partition coefficient (Wildman–Crippen LogP) is 2.88. The van der Waals surface area contributed by atoms with Gasteiger partial charge in [-0.2, -0.15) is 0 Å². The van der Waals surface area contributed by atoms with Crippen LogP contribution < -0.4 is 0 Å². The van der Waals surface area contributed by atoms with E-state index in [-0.39, 0.29) is 5.78 Å². The van der Waals surface area contributed by atoms with Gasteiger partial charge in [-0.3, -0.25) is 4.79 Å². The van der Waals surface area contributed by atoms with E-state index in [0.29, 0.717) is 5.92 Å². The van der Waals surface area contributed by atoms with Crippen molar-refractivity contribution in [1.82, 2.24) is 0 Å². The van der Waals surface area contributed by atoms with Gasteiger partial charge < -0.3 is 0 Å². The van der Waals surface area contributed by atoms with E-state index in [4.69, 9.17) is 0 Å². The van der Waals surface area contributed by atoms with Crippen molar-refractivity contribution < 1.29 is 4.79 Å². The first-order chi connectivity index (χ1) is 5.65. The molecule has 1 unspecified atom stereocenters. The first kappa shape index (κ1) is 9.24. The summed E-state index contributed by atoms with van der Waals surface area (Å²) >= 11 is 0. The van der Waals surface area contributed by atoms with Crippen LogP contribution in [0.3, 0.4) is 0 Å². The molecule has 0 aromatic carbocycles. The molecule has 0 fully saturated rings. The van der Waals surface area contributed by atoms with E-state index in [9.17, 15) is 4.79 Å². The molecule has 0 aliphatic heterocycles. The van der Waals surface area contributed by atoms with Crippen molar-refractivity contribution in [3.63, 3.8) is 0 Å². The zero-order chi connectivity index (χ0) is 9.14. The molecular formula is C11H16O. The number of carbonyl (C=O) groups is 1. The third kappa shape index (κ3) is 1.84. The molecule has 0 saturated carbocycles. The number of Topliss-reactive ketones (excluding diaryl/α,β-unsaturated/α-hetero) is 1. The largest absolute Gasteiger partial charge is 0.295 e. The second-order valence-corrected chi connectivity index (χ2v) is 3.45. The molecule has 1 atom stereocenters. The van der Waals surface area contributed by atoms with E-state index in [1.54, 1.807) is 6.92 Å². The molecule has 0 heterocycles. The van der Waals surface area contributed by atoms with Crippen LogP contribution >= 0.6 is 0 Å². The van der Waals surface area contributed by atoms with Crippen LogP contribution in [0.1, 0.15) is 33.6 Å². The first-order valence-electron chi connectivity index (χ1n) is 4.55. The van der Waals surface area contributed by atoms with Crippen LogP contribution in [0.4, 0.5) is 0 Å². The summed E-state index contributed by atoms with van der Waals surface area (Å²) in [4.78, 5) is 11.0. The second kappa shape index (κ2) is 3.70. The minimum atomic E-state index is 0.216. The summed E-state index contributed by atoms with van der Waals surface area (Å²) in [6.45, 7) is 5.99. The molecular weight excluding hydrogens is 148 g/mol. The Bertz CT molecular complexity index is 246. The first-order valence-corrected chi connectivity index (χ1v) is 4.55. The third-order valence-electron chi connectivity index (χ3n) is 2.52. The molecule has 1 heteroatoms. The summed E-state index contributed by atoms with van der Waals surface area (Å²) in [5.74, 6) is 0.771. The second-order valence-electron chi connectivity index (χ2n) is 3.45. The van der Waals surface area contributed by atoms with Crippen molar-refractivity contribution in [2.24, 2.45) is 5.92 Å². The van der Waals surface area contributed by atoms with Crippen LogP contribution in [0.2, 0.25) is 0 Å². The van der Waals surface area contributed by atoms with Gasteiger partial charge >= 0.3 is 0 Å². The molecule has 66 valence electrons. The Hall–Kier alpha value is -0.850. The van der Waals surface area contributed by atoms with E-state index in [0.717, 1.165) is 18.4 Å². The molecule has 12 heavy (non-hydrogen) atoms. The highest BCUT2D eigenvalue weighted by molar-refractivity contribution is 5.93. The smallest absolute Gasteiger partial charge is 0.155 e. The van der Waals surface area contributed by atoms with E-state index in [1.165, 1.54) is 5.57 Å². The molecule has 1 nitrogen and oxygen atoms in total. The Kier molecular flexibility index (Phi) is 2.85. The fourth-order valence-corrected chi connectivity index (χ4v) is 1.63. The Morgan fingerprint density at radius 1 is 1.58 bits per heavy atom. The molecule has 1 rings (SSSR count). The van der Waals surface area contributed by atoms with Crippen LogP contribution in [0, 0.1) is 5.92 Å². The summed E-state index contributed by atoms with van der Waals surface area (Å²) in [5, 5.41) is 0. The Balaban J connectivity index is 2.81. The number of hydrogen-bond donors (Lipinski definition) is 0. The van der Waals surface area contributed by atoms with Crippen molar-refractivity contribution in [1.29, 1.82) is 0 Å². The highest BCUT2D eigenvalue weighted by atomic mass is 16.1. The van der Waals surface area contributed by atoms with Crippen molar-refractivity contribution in [3.8, 4) is 0 Å². The van der Waals surface area contributed by atoms with Gasteiger partial charge in [0.15, 0.2) is 5.78 Å². The standard InChI is InChI=1S/C11H16O/c1-4-10-5-6-11(9(3)12)7-8(10)2/h5-6,8H,4,7H2,1-3H3. The van der Waals surface area contributed by atoms with Crippen LogP contribution in [0.5, 0.6) is 0 Å². The maximum atomic E-state index is 11.0. The van der Waals surface area contributed by atoms with Gasteiger partial charge in [0.25, 0.3) is 0 Å². The lowest BCUT2D eigenvalue weighted by Gasteiger charge is -2.19. The Labute approximate surface area is 74.2 Å². The van der Waals surface area contributed by atoms with Gasteiger partial charge in [-0.15, -0.1) is 0 Å². The van der Waals surface area contributed by atoms with E-state index < -0.39 is 0 Å². The van der Waals surface area contributed by atoms with Gasteiger partial charge in [-0.25, -0.2) is 0 Å². The zero-order valence-electron chi connectivity index (χ0n) is 8.05. The number of ketones is 1. The molecule has 0 spiro atoms. The Morgan fingerprint density at radius 3 is 2.67 bits per heavy atom. The minimum Gasteiger partial charge on any atom is -0.295 e. The molecule has 0 aromatic rings. The quantitative estimate of drug-likeness (QED) is 0.613. The summed E-state index contributed by atoms with van der Waals surface area (Å²) in [7, 11) is 0. The molecule has 0 saturated heterocycles. The van der Waals surface area contributed by atoms with E-state index >= 15 is 0 Å². The average molecular weight is 164 g/mol. The third-order valence-corrected chi connectivity index (χ3v) is 2.52. The topological polar surface area (TPSA) is 17.1 Å². The van der Waals surface area contributed by atoms with Crippen LogP contribution in [-0.2, 0) is 4.79 Å². The lowest BCUT2D eigenvalue weighted by Crippen LogP contribution is -2.09. The zero-order valence-corrected chi connectivity index (χ0v) is 8.05. The van der Waals surface area contributed by atoms with Crippen molar-refractivity contribution >= 4 is 5.78 Å². The average Bonchev–Trinajstić information content (AvgIpc) is 2.04. The molecule has 0 radical (unpaired) electrons. The molecule has 0 N–H and O–H groups in total. The Morgan fingerprint density at radius 2 is 2.25 bits per heavy atom. The molecule has 1 aliphatic carbocycles. The van der Waals surface area contributed by atoms with Crippen LogP contribution in [0.15, 0.2) is 23.3 Å². The lowest BCUT2D eigenvalue weighted by atomic mass is 9.86. The highest BCUT2D eigenvalue weighted by Gasteiger charge is 2.15. The SMILES string of the molecule is CCC1=CC=C(C(C)=O)CC1C. The summed E-state index contributed by atoms with van der Waals surface area (Å²) < 4.78 is 0. The monoisotopic (exact) mass is 164 g/mol. The van der Waals surface area contributed by atoms with Crippen molar-refractivity contribution in [2.75, 3.05) is 0 Å². The van der Waals surface area contributed by atoms with Crippen LogP contribution in [0.25, 0.3) is 0 Å². The van der Waals surface area contributed by atoms with Gasteiger partial charge in [0.2, 0.25) is 0 Å². The highest BCUT2D eigenvalue weighted by Crippen LogP contribution is 2.26. The van der Waals surface area contributed by atoms with Crippen LogP contribution in [-0.4, -0.2) is 5.78 Å². The lowest BCUT2D eigenvalue weighted by molar-refractivity contribution is -0.113. The molecule has 0 bridgehead atoms. The molecule has 0 aromatic heterocycles. The van der Waals surface area contributed by atoms with Gasteiger partial charge in [0, 0.05) is 0 Å². The normalized spacial score (nSPS) is 23.1. The maximum Gasteiger partial charge on any atom is 0.155 e. The van der Waals surface area contributed by atoms with Gasteiger partial charge in [0.1, 0.15) is 0 Å². The summed E-state index contributed by atoms with van der Waals surface area (Å²) in [5.41, 5.74) is 2.43. The van der Waals surface area contributed by atoms with E-state index in [1.807, 2.05) is 6.08 Å². The fourth-order valence-electron chi connectivity index (χ4n) is 1.63.